The van der Waals surface area contributed by atoms with Crippen LogP contribution in [0, 0.1) is 0 Å². The average molecular weight is 213 g/mol. The summed E-state index contributed by atoms with van der Waals surface area (Å²) in [6.07, 6.45) is 4.99. The Bertz CT molecular complexity index is 288. The number of ether oxygens (including phenoxy) is 2. The van der Waals surface area contributed by atoms with E-state index in [1.54, 1.807) is 0 Å². The Morgan fingerprint density at radius 2 is 2.36 bits per heavy atom. The van der Waals surface area contributed by atoms with Gasteiger partial charge in [0.2, 0.25) is 0 Å². The zero-order valence-electron chi connectivity index (χ0n) is 8.25. The van der Waals surface area contributed by atoms with Gasteiger partial charge in [0.1, 0.15) is 12.4 Å². The highest BCUT2D eigenvalue weighted by Gasteiger charge is 2.27. The van der Waals surface area contributed by atoms with Crippen molar-refractivity contribution in [1.82, 2.24) is 4.72 Å². The minimum Gasteiger partial charge on any atom is -0.491 e. The molecule has 0 spiro atoms. The van der Waals surface area contributed by atoms with Crippen LogP contribution in [-0.4, -0.2) is 25.4 Å². The van der Waals surface area contributed by atoms with Crippen molar-refractivity contribution < 1.29 is 9.47 Å². The largest absolute Gasteiger partial charge is 0.491 e. The lowest BCUT2D eigenvalue weighted by molar-refractivity contribution is 0.112. The van der Waals surface area contributed by atoms with Gasteiger partial charge in [0.25, 0.3) is 0 Å². The van der Waals surface area contributed by atoms with Gasteiger partial charge in [0.05, 0.1) is 13.2 Å². The maximum atomic E-state index is 5.56. The first-order valence-electron chi connectivity index (χ1n) is 4.77. The topological polar surface area (TPSA) is 30.5 Å². The van der Waals surface area contributed by atoms with Crippen LogP contribution in [0.5, 0.6) is 0 Å². The van der Waals surface area contributed by atoms with Crippen molar-refractivity contribution in [1.29, 1.82) is 0 Å². The molecule has 78 valence electrons. The predicted molar refractivity (Wildman–Crippen MR) is 58.1 cm³/mol. The number of hydrogen-bond acceptors (Lipinski definition) is 4. The van der Waals surface area contributed by atoms with E-state index in [0.29, 0.717) is 19.8 Å². The van der Waals surface area contributed by atoms with Crippen LogP contribution in [0.4, 0.5) is 0 Å². The summed E-state index contributed by atoms with van der Waals surface area (Å²) in [5.41, 5.74) is 1.13. The molecule has 0 radical (unpaired) electrons. The van der Waals surface area contributed by atoms with Gasteiger partial charge in [-0.3, -0.25) is 4.72 Å². The van der Waals surface area contributed by atoms with Gasteiger partial charge in [-0.1, -0.05) is 18.9 Å². The SMILES string of the molecule is CC1(NS)C=CC2=C(COCCO2)C1. The highest BCUT2D eigenvalue weighted by atomic mass is 32.1. The molecule has 14 heavy (non-hydrogen) atoms. The van der Waals surface area contributed by atoms with Crippen LogP contribution in [0.15, 0.2) is 23.5 Å². The predicted octanol–water partition coefficient (Wildman–Crippen LogP) is 1.44. The summed E-state index contributed by atoms with van der Waals surface area (Å²) < 4.78 is 14.0. The second-order valence-corrected chi connectivity index (χ2v) is 4.13. The summed E-state index contributed by atoms with van der Waals surface area (Å²) in [5.74, 6) is 0.976. The fraction of sp³-hybridized carbons (Fsp3) is 0.600. The summed E-state index contributed by atoms with van der Waals surface area (Å²) in [4.78, 5) is 0. The van der Waals surface area contributed by atoms with Crippen LogP contribution in [0.25, 0.3) is 0 Å². The second kappa shape index (κ2) is 3.96. The molecule has 3 nitrogen and oxygen atoms in total. The van der Waals surface area contributed by atoms with Gasteiger partial charge in [-0.05, 0) is 25.0 Å². The van der Waals surface area contributed by atoms with Crippen molar-refractivity contribution >= 4 is 12.8 Å². The van der Waals surface area contributed by atoms with E-state index < -0.39 is 0 Å². The fourth-order valence-corrected chi connectivity index (χ4v) is 1.88. The van der Waals surface area contributed by atoms with Gasteiger partial charge < -0.3 is 9.47 Å². The third-order valence-corrected chi connectivity index (χ3v) is 3.06. The number of thiol groups is 1. The summed E-state index contributed by atoms with van der Waals surface area (Å²) in [6.45, 7) is 4.09. The molecule has 0 amide bonds. The molecular weight excluding hydrogens is 198 g/mol. The van der Waals surface area contributed by atoms with E-state index in [-0.39, 0.29) is 5.54 Å². The van der Waals surface area contributed by atoms with Crippen molar-refractivity contribution in [2.45, 2.75) is 18.9 Å². The standard InChI is InChI=1S/C10H15NO2S/c1-10(11-14)3-2-9-8(6-10)7-12-4-5-13-9/h2-3,11,14H,4-7H2,1H3. The summed E-state index contributed by atoms with van der Waals surface area (Å²) in [7, 11) is 0. The Balaban J connectivity index is 2.18. The molecule has 1 N–H and O–H groups in total. The molecule has 0 saturated carbocycles. The van der Waals surface area contributed by atoms with Gasteiger partial charge in [-0.2, -0.15) is 0 Å². The quantitative estimate of drug-likeness (QED) is 0.646. The zero-order chi connectivity index (χ0) is 10.0. The average Bonchev–Trinajstić information content (AvgIpc) is 2.42. The van der Waals surface area contributed by atoms with Crippen molar-refractivity contribution in [3.63, 3.8) is 0 Å². The molecule has 1 aliphatic heterocycles. The van der Waals surface area contributed by atoms with Crippen LogP contribution >= 0.6 is 12.8 Å². The normalized spacial score (nSPS) is 32.1. The van der Waals surface area contributed by atoms with E-state index in [2.05, 4.69) is 30.5 Å². The lowest BCUT2D eigenvalue weighted by atomic mass is 9.89. The molecule has 2 rings (SSSR count). The van der Waals surface area contributed by atoms with E-state index in [4.69, 9.17) is 9.47 Å². The number of hydrogen-bond donors (Lipinski definition) is 2. The van der Waals surface area contributed by atoms with Gasteiger partial charge in [0.15, 0.2) is 0 Å². The van der Waals surface area contributed by atoms with E-state index in [1.165, 1.54) is 5.57 Å². The minimum atomic E-state index is -0.0843. The molecule has 1 aliphatic carbocycles. The zero-order valence-corrected chi connectivity index (χ0v) is 9.14. The highest BCUT2D eigenvalue weighted by molar-refractivity contribution is 7.78. The minimum absolute atomic E-state index is 0.0843. The first kappa shape index (κ1) is 10.1. The maximum Gasteiger partial charge on any atom is 0.120 e. The number of nitrogens with one attached hydrogen (secondary N) is 1. The molecule has 1 unspecified atom stereocenters. The van der Waals surface area contributed by atoms with Crippen molar-refractivity contribution in [2.24, 2.45) is 0 Å². The summed E-state index contributed by atoms with van der Waals surface area (Å²) in [5, 5.41) is 0. The molecule has 0 aromatic rings. The lowest BCUT2D eigenvalue weighted by Gasteiger charge is -2.29. The molecule has 0 aromatic heterocycles. The molecule has 1 heterocycles. The smallest absolute Gasteiger partial charge is 0.120 e. The molecule has 0 saturated heterocycles. The first-order chi connectivity index (χ1) is 6.73. The van der Waals surface area contributed by atoms with E-state index in [1.807, 2.05) is 6.08 Å². The van der Waals surface area contributed by atoms with Crippen molar-refractivity contribution in [2.75, 3.05) is 19.8 Å². The van der Waals surface area contributed by atoms with Crippen LogP contribution < -0.4 is 4.72 Å². The van der Waals surface area contributed by atoms with Crippen LogP contribution in [0.1, 0.15) is 13.3 Å². The molecule has 2 aliphatic rings. The Kier molecular flexibility index (Phi) is 2.85. The Labute approximate surface area is 89.7 Å². The molecular formula is C10H15NO2S. The molecule has 0 aromatic carbocycles. The molecule has 0 bridgehead atoms. The van der Waals surface area contributed by atoms with E-state index in [0.717, 1.165) is 12.2 Å². The van der Waals surface area contributed by atoms with Gasteiger partial charge >= 0.3 is 0 Å². The number of allylic oxidation sites excluding steroid dienone is 1. The van der Waals surface area contributed by atoms with Crippen LogP contribution in [0.3, 0.4) is 0 Å². The van der Waals surface area contributed by atoms with Crippen molar-refractivity contribution in [3.05, 3.63) is 23.5 Å². The maximum absolute atomic E-state index is 5.56. The third-order valence-electron chi connectivity index (χ3n) is 2.55. The highest BCUT2D eigenvalue weighted by Crippen LogP contribution is 2.29. The Morgan fingerprint density at radius 1 is 1.50 bits per heavy atom. The lowest BCUT2D eigenvalue weighted by Crippen LogP contribution is -2.36. The van der Waals surface area contributed by atoms with E-state index in [9.17, 15) is 0 Å². The second-order valence-electron chi connectivity index (χ2n) is 3.91. The fourth-order valence-electron chi connectivity index (χ4n) is 1.72. The van der Waals surface area contributed by atoms with Gasteiger partial charge in [-0.25, -0.2) is 0 Å². The Hall–Kier alpha value is -0.450. The molecule has 4 heteroatoms. The van der Waals surface area contributed by atoms with Crippen LogP contribution in [-0.2, 0) is 9.47 Å². The molecule has 1 atom stereocenters. The van der Waals surface area contributed by atoms with E-state index >= 15 is 0 Å². The first-order valence-corrected chi connectivity index (χ1v) is 5.21. The number of rotatable bonds is 1. The van der Waals surface area contributed by atoms with Gasteiger partial charge in [0, 0.05) is 5.54 Å². The summed E-state index contributed by atoms with van der Waals surface area (Å²) in [6, 6.07) is 0. The third kappa shape index (κ3) is 1.97. The monoisotopic (exact) mass is 213 g/mol. The summed E-state index contributed by atoms with van der Waals surface area (Å²) >= 11 is 4.13. The van der Waals surface area contributed by atoms with Crippen LogP contribution in [0.2, 0.25) is 0 Å². The van der Waals surface area contributed by atoms with Gasteiger partial charge in [-0.15, -0.1) is 0 Å². The molecule has 0 fully saturated rings. The Morgan fingerprint density at radius 3 is 3.14 bits per heavy atom. The van der Waals surface area contributed by atoms with Crippen molar-refractivity contribution in [3.8, 4) is 0 Å².